The van der Waals surface area contributed by atoms with Gasteiger partial charge in [0.25, 0.3) is 0 Å². The van der Waals surface area contributed by atoms with Crippen molar-refractivity contribution in [1.82, 2.24) is 5.32 Å². The molecule has 136 valence electrons. The maximum Gasteiger partial charge on any atom is 0.407 e. The number of alkyl carbamates (subject to hydrolysis) is 1. The van der Waals surface area contributed by atoms with E-state index in [1.165, 1.54) is 7.11 Å². The molecule has 9 heteroatoms. The zero-order valence-corrected chi connectivity index (χ0v) is 15.4. The van der Waals surface area contributed by atoms with E-state index in [0.717, 1.165) is 17.9 Å². The summed E-state index contributed by atoms with van der Waals surface area (Å²) in [6, 6.07) is 0. The van der Waals surface area contributed by atoms with Crippen LogP contribution in [0.15, 0.2) is 0 Å². The molecule has 1 amide bonds. The van der Waals surface area contributed by atoms with Gasteiger partial charge in [-0.3, -0.25) is 0 Å². The minimum absolute atomic E-state index is 0.161. The summed E-state index contributed by atoms with van der Waals surface area (Å²) in [7, 11) is 4.94. The fraction of sp³-hybridized carbons (Fsp3) is 0.929. The Morgan fingerprint density at radius 3 is 2.61 bits per heavy atom. The average Bonchev–Trinajstić information content (AvgIpc) is 2.52. The molecule has 1 aliphatic heterocycles. The van der Waals surface area contributed by atoms with Crippen LogP contribution in [0, 0.1) is 0 Å². The Kier molecular flexibility index (Phi) is 10.3. The lowest BCUT2D eigenvalue weighted by Crippen LogP contribution is -2.59. The molecule has 0 aromatic carbocycles. The standard InChI is InChI=1S/C14H27NO6S2/c1-4-6-22-23-7-5-15-14(18)21-13-9(2)20-10(8-19-3)11(16)12(13)17/h9-13,16-17H,4-8H2,1-3H3,(H,15,18). The van der Waals surface area contributed by atoms with E-state index in [-0.39, 0.29) is 6.61 Å². The van der Waals surface area contributed by atoms with E-state index in [1.807, 2.05) is 0 Å². The number of carbonyl (C=O) groups is 1. The van der Waals surface area contributed by atoms with Crippen molar-refractivity contribution >= 4 is 27.7 Å². The lowest BCUT2D eigenvalue weighted by atomic mass is 9.96. The summed E-state index contributed by atoms with van der Waals surface area (Å²) in [6.45, 7) is 4.45. The van der Waals surface area contributed by atoms with Crippen LogP contribution in [0.25, 0.3) is 0 Å². The Labute approximate surface area is 145 Å². The highest BCUT2D eigenvalue weighted by atomic mass is 33.1. The molecule has 1 heterocycles. The van der Waals surface area contributed by atoms with Gasteiger partial charge in [-0.1, -0.05) is 28.5 Å². The smallest absolute Gasteiger partial charge is 0.407 e. The van der Waals surface area contributed by atoms with Gasteiger partial charge in [0.05, 0.1) is 12.7 Å². The lowest BCUT2D eigenvalue weighted by Gasteiger charge is -2.40. The van der Waals surface area contributed by atoms with Crippen LogP contribution < -0.4 is 5.32 Å². The van der Waals surface area contributed by atoms with Crippen LogP contribution in [0.1, 0.15) is 20.3 Å². The molecule has 5 unspecified atom stereocenters. The Balaban J connectivity index is 2.33. The fourth-order valence-electron chi connectivity index (χ4n) is 2.15. The molecule has 5 atom stereocenters. The molecule has 1 aliphatic rings. The van der Waals surface area contributed by atoms with Crippen LogP contribution in [0.2, 0.25) is 0 Å². The van der Waals surface area contributed by atoms with Gasteiger partial charge in [-0.05, 0) is 13.3 Å². The Morgan fingerprint density at radius 1 is 1.26 bits per heavy atom. The quantitative estimate of drug-likeness (QED) is 0.410. The molecule has 0 spiro atoms. The van der Waals surface area contributed by atoms with E-state index in [9.17, 15) is 15.0 Å². The highest BCUT2D eigenvalue weighted by Gasteiger charge is 2.44. The molecule has 7 nitrogen and oxygen atoms in total. The maximum absolute atomic E-state index is 11.8. The van der Waals surface area contributed by atoms with Gasteiger partial charge in [-0.15, -0.1) is 0 Å². The summed E-state index contributed by atoms with van der Waals surface area (Å²) in [5, 5.41) is 22.7. The van der Waals surface area contributed by atoms with Gasteiger partial charge < -0.3 is 29.7 Å². The van der Waals surface area contributed by atoms with E-state index in [4.69, 9.17) is 14.2 Å². The predicted molar refractivity (Wildman–Crippen MR) is 91.7 cm³/mol. The molecular weight excluding hydrogens is 342 g/mol. The average molecular weight is 370 g/mol. The van der Waals surface area contributed by atoms with E-state index >= 15 is 0 Å². The van der Waals surface area contributed by atoms with Gasteiger partial charge in [0.2, 0.25) is 0 Å². The van der Waals surface area contributed by atoms with Gasteiger partial charge >= 0.3 is 6.09 Å². The number of methoxy groups -OCH3 is 1. The summed E-state index contributed by atoms with van der Waals surface area (Å²) in [5.41, 5.74) is 0. The van der Waals surface area contributed by atoms with Crippen molar-refractivity contribution in [2.75, 3.05) is 31.8 Å². The van der Waals surface area contributed by atoms with Crippen LogP contribution in [-0.2, 0) is 14.2 Å². The molecule has 0 saturated carbocycles. The van der Waals surface area contributed by atoms with E-state index in [0.29, 0.717) is 6.54 Å². The van der Waals surface area contributed by atoms with Crippen molar-refractivity contribution in [2.24, 2.45) is 0 Å². The third-order valence-corrected chi connectivity index (χ3v) is 5.93. The van der Waals surface area contributed by atoms with E-state index < -0.39 is 36.6 Å². The molecule has 0 aromatic heterocycles. The van der Waals surface area contributed by atoms with Crippen molar-refractivity contribution in [1.29, 1.82) is 0 Å². The number of rotatable bonds is 9. The van der Waals surface area contributed by atoms with Crippen LogP contribution in [0.3, 0.4) is 0 Å². The summed E-state index contributed by atoms with van der Waals surface area (Å²) in [6.07, 6.45) is -3.96. The molecule has 1 rings (SSSR count). The van der Waals surface area contributed by atoms with Crippen LogP contribution in [-0.4, -0.2) is 78.6 Å². The van der Waals surface area contributed by atoms with E-state index in [1.54, 1.807) is 28.5 Å². The maximum atomic E-state index is 11.8. The second kappa shape index (κ2) is 11.4. The largest absolute Gasteiger partial charge is 0.441 e. The first-order chi connectivity index (χ1) is 11.0. The first-order valence-electron chi connectivity index (χ1n) is 7.70. The van der Waals surface area contributed by atoms with Gasteiger partial charge in [-0.2, -0.15) is 0 Å². The van der Waals surface area contributed by atoms with Crippen molar-refractivity contribution in [3.05, 3.63) is 0 Å². The Morgan fingerprint density at radius 2 is 1.96 bits per heavy atom. The molecule has 3 N–H and O–H groups in total. The first kappa shape index (κ1) is 20.9. The normalized spacial score (nSPS) is 30.9. The number of nitrogens with one attached hydrogen (secondary N) is 1. The molecule has 1 saturated heterocycles. The summed E-state index contributed by atoms with van der Waals surface area (Å²) in [4.78, 5) is 11.8. The topological polar surface area (TPSA) is 97.3 Å². The van der Waals surface area contributed by atoms with Crippen molar-refractivity contribution < 1.29 is 29.2 Å². The minimum Gasteiger partial charge on any atom is -0.441 e. The van der Waals surface area contributed by atoms with Gasteiger partial charge in [-0.25, -0.2) is 4.79 Å². The van der Waals surface area contributed by atoms with Crippen LogP contribution in [0.4, 0.5) is 4.79 Å². The third-order valence-electron chi connectivity index (χ3n) is 3.32. The number of aliphatic hydroxyl groups is 2. The number of hydrogen-bond donors (Lipinski definition) is 3. The molecule has 0 aliphatic carbocycles. The molecule has 0 radical (unpaired) electrons. The summed E-state index contributed by atoms with van der Waals surface area (Å²) >= 11 is 0. The monoisotopic (exact) mass is 369 g/mol. The molecule has 23 heavy (non-hydrogen) atoms. The number of amides is 1. The number of carbonyl (C=O) groups excluding carboxylic acids is 1. The molecule has 0 bridgehead atoms. The number of aliphatic hydroxyl groups excluding tert-OH is 2. The molecule has 0 aromatic rings. The molecule has 1 fully saturated rings. The van der Waals surface area contributed by atoms with Gasteiger partial charge in [0.1, 0.15) is 18.3 Å². The SMILES string of the molecule is CCCSSCCNC(=O)OC1C(C)OC(COC)C(O)C1O. The minimum atomic E-state index is -1.21. The van der Waals surface area contributed by atoms with Crippen LogP contribution in [0.5, 0.6) is 0 Å². The Hall–Kier alpha value is -0.190. The number of hydrogen-bond acceptors (Lipinski definition) is 8. The second-order valence-electron chi connectivity index (χ2n) is 5.26. The van der Waals surface area contributed by atoms with E-state index in [2.05, 4.69) is 12.2 Å². The van der Waals surface area contributed by atoms with Crippen molar-refractivity contribution in [3.8, 4) is 0 Å². The predicted octanol–water partition coefficient (Wildman–Crippen LogP) is 1.03. The highest BCUT2D eigenvalue weighted by Crippen LogP contribution is 2.24. The fourth-order valence-corrected chi connectivity index (χ4v) is 4.20. The highest BCUT2D eigenvalue weighted by molar-refractivity contribution is 8.76. The zero-order chi connectivity index (χ0) is 17.2. The summed E-state index contributed by atoms with van der Waals surface area (Å²) in [5.74, 6) is 1.86. The van der Waals surface area contributed by atoms with Gasteiger partial charge in [0.15, 0.2) is 6.10 Å². The van der Waals surface area contributed by atoms with Gasteiger partial charge in [0, 0.05) is 25.2 Å². The second-order valence-corrected chi connectivity index (χ2v) is 7.96. The van der Waals surface area contributed by atoms with Crippen molar-refractivity contribution in [3.63, 3.8) is 0 Å². The number of ether oxygens (including phenoxy) is 3. The third kappa shape index (κ3) is 7.06. The Bertz CT molecular complexity index is 349. The molecular formula is C14H27NO6S2. The first-order valence-corrected chi connectivity index (χ1v) is 10.2. The van der Waals surface area contributed by atoms with Crippen LogP contribution >= 0.6 is 21.6 Å². The van der Waals surface area contributed by atoms with Crippen molar-refractivity contribution in [2.45, 2.75) is 50.8 Å². The summed E-state index contributed by atoms with van der Waals surface area (Å²) < 4.78 is 15.7. The zero-order valence-electron chi connectivity index (χ0n) is 13.8. The lowest BCUT2D eigenvalue weighted by molar-refractivity contribution is -0.225.